The monoisotopic (exact) mass is 192 g/mol. The maximum Gasteiger partial charge on any atom is 0.130 e. The first-order valence-corrected chi connectivity index (χ1v) is 5.02. The zero-order valence-corrected chi connectivity index (χ0v) is 8.73. The van der Waals surface area contributed by atoms with Crippen LogP contribution < -0.4 is 4.90 Å². The Labute approximate surface area is 84.7 Å². The summed E-state index contributed by atoms with van der Waals surface area (Å²) < 4.78 is 5.47. The van der Waals surface area contributed by atoms with Gasteiger partial charge in [-0.3, -0.25) is 0 Å². The van der Waals surface area contributed by atoms with E-state index in [-0.39, 0.29) is 0 Å². The lowest BCUT2D eigenvalue weighted by Crippen LogP contribution is -2.38. The lowest BCUT2D eigenvalue weighted by atomic mass is 10.1. The molecule has 3 heteroatoms. The number of rotatable bonds is 1. The maximum absolute atomic E-state index is 5.47. The second-order valence-electron chi connectivity index (χ2n) is 3.96. The van der Waals surface area contributed by atoms with Gasteiger partial charge in [0.1, 0.15) is 12.5 Å². The highest BCUT2D eigenvalue weighted by molar-refractivity contribution is 5.38. The van der Waals surface area contributed by atoms with Gasteiger partial charge in [-0.1, -0.05) is 13.0 Å². The molecule has 1 unspecified atom stereocenters. The van der Waals surface area contributed by atoms with Crippen LogP contribution in [0, 0.1) is 12.8 Å². The molecular formula is C11H16N2O. The minimum absolute atomic E-state index is 0.589. The van der Waals surface area contributed by atoms with Gasteiger partial charge < -0.3 is 9.64 Å². The Morgan fingerprint density at radius 3 is 3.07 bits per heavy atom. The van der Waals surface area contributed by atoms with E-state index in [1.54, 1.807) is 0 Å². The van der Waals surface area contributed by atoms with Crippen molar-refractivity contribution in [3.8, 4) is 0 Å². The fourth-order valence-corrected chi connectivity index (χ4v) is 1.71. The van der Waals surface area contributed by atoms with Crippen molar-refractivity contribution >= 4 is 5.82 Å². The molecule has 76 valence electrons. The number of pyridine rings is 1. The molecule has 0 spiro atoms. The van der Waals surface area contributed by atoms with Crippen molar-refractivity contribution in [3.63, 3.8) is 0 Å². The summed E-state index contributed by atoms with van der Waals surface area (Å²) in [6, 6.07) is 6.09. The predicted molar refractivity (Wildman–Crippen MR) is 56.3 cm³/mol. The molecule has 1 fully saturated rings. The molecule has 1 atom stereocenters. The summed E-state index contributed by atoms with van der Waals surface area (Å²) in [4.78, 5) is 6.66. The summed E-state index contributed by atoms with van der Waals surface area (Å²) >= 11 is 0. The Morgan fingerprint density at radius 2 is 2.36 bits per heavy atom. The van der Waals surface area contributed by atoms with E-state index in [0.717, 1.165) is 24.7 Å². The molecular weight excluding hydrogens is 176 g/mol. The molecule has 2 heterocycles. The maximum atomic E-state index is 5.47. The molecule has 0 amide bonds. The van der Waals surface area contributed by atoms with E-state index in [2.05, 4.69) is 16.8 Å². The van der Waals surface area contributed by atoms with Gasteiger partial charge in [0.15, 0.2) is 0 Å². The molecule has 1 aromatic heterocycles. The molecule has 0 saturated carbocycles. The summed E-state index contributed by atoms with van der Waals surface area (Å²) in [5.74, 6) is 1.61. The van der Waals surface area contributed by atoms with Gasteiger partial charge in [-0.05, 0) is 25.0 Å². The molecule has 0 aromatic carbocycles. The number of aromatic nitrogens is 1. The van der Waals surface area contributed by atoms with Crippen molar-refractivity contribution in [1.82, 2.24) is 4.98 Å². The standard InChI is InChI=1S/C11H16N2O/c1-9-6-13(8-14-7-9)11-5-3-4-10(2)12-11/h3-5,9H,6-8H2,1-2H3. The van der Waals surface area contributed by atoms with E-state index in [4.69, 9.17) is 4.74 Å². The third kappa shape index (κ3) is 2.04. The van der Waals surface area contributed by atoms with Crippen molar-refractivity contribution in [3.05, 3.63) is 23.9 Å². The van der Waals surface area contributed by atoms with Gasteiger partial charge in [-0.2, -0.15) is 0 Å². The quantitative estimate of drug-likeness (QED) is 0.678. The lowest BCUT2D eigenvalue weighted by Gasteiger charge is -2.31. The second-order valence-corrected chi connectivity index (χ2v) is 3.96. The largest absolute Gasteiger partial charge is 0.361 e. The van der Waals surface area contributed by atoms with Gasteiger partial charge in [0.05, 0.1) is 6.61 Å². The molecule has 0 bridgehead atoms. The zero-order chi connectivity index (χ0) is 9.97. The molecule has 1 aliphatic heterocycles. The van der Waals surface area contributed by atoms with Crippen LogP contribution in [0.25, 0.3) is 0 Å². The fourth-order valence-electron chi connectivity index (χ4n) is 1.71. The highest BCUT2D eigenvalue weighted by Crippen LogP contribution is 2.16. The molecule has 0 radical (unpaired) electrons. The predicted octanol–water partition coefficient (Wildman–Crippen LogP) is 1.82. The lowest BCUT2D eigenvalue weighted by molar-refractivity contribution is 0.0736. The van der Waals surface area contributed by atoms with Crippen LogP contribution in [0.5, 0.6) is 0 Å². The van der Waals surface area contributed by atoms with Crippen molar-refractivity contribution in [2.45, 2.75) is 13.8 Å². The van der Waals surface area contributed by atoms with E-state index >= 15 is 0 Å². The van der Waals surface area contributed by atoms with Gasteiger partial charge in [0.2, 0.25) is 0 Å². The topological polar surface area (TPSA) is 25.4 Å². The van der Waals surface area contributed by atoms with Crippen LogP contribution in [0.2, 0.25) is 0 Å². The second kappa shape index (κ2) is 3.96. The van der Waals surface area contributed by atoms with Crippen molar-refractivity contribution in [1.29, 1.82) is 0 Å². The van der Waals surface area contributed by atoms with E-state index in [9.17, 15) is 0 Å². The van der Waals surface area contributed by atoms with E-state index in [1.807, 2.05) is 25.1 Å². The zero-order valence-electron chi connectivity index (χ0n) is 8.73. The van der Waals surface area contributed by atoms with Gasteiger partial charge in [-0.25, -0.2) is 4.98 Å². The van der Waals surface area contributed by atoms with Crippen molar-refractivity contribution in [2.24, 2.45) is 5.92 Å². The smallest absolute Gasteiger partial charge is 0.130 e. The summed E-state index contributed by atoms with van der Waals surface area (Å²) in [5, 5.41) is 0. The number of ether oxygens (including phenoxy) is 1. The average molecular weight is 192 g/mol. The molecule has 0 aliphatic carbocycles. The number of hydrogen-bond acceptors (Lipinski definition) is 3. The summed E-state index contributed by atoms with van der Waals surface area (Å²) in [6.07, 6.45) is 0. The van der Waals surface area contributed by atoms with Crippen LogP contribution in [0.4, 0.5) is 5.82 Å². The van der Waals surface area contributed by atoms with Crippen LogP contribution in [-0.4, -0.2) is 24.9 Å². The Bertz CT molecular complexity index is 314. The minimum atomic E-state index is 0.589. The first kappa shape index (κ1) is 9.46. The van der Waals surface area contributed by atoms with Crippen LogP contribution in [0.1, 0.15) is 12.6 Å². The third-order valence-corrected chi connectivity index (χ3v) is 2.38. The Morgan fingerprint density at radius 1 is 1.50 bits per heavy atom. The molecule has 1 aromatic rings. The number of hydrogen-bond donors (Lipinski definition) is 0. The molecule has 0 N–H and O–H groups in total. The van der Waals surface area contributed by atoms with Crippen LogP contribution in [0.3, 0.4) is 0 Å². The normalized spacial score (nSPS) is 22.4. The van der Waals surface area contributed by atoms with Gasteiger partial charge >= 0.3 is 0 Å². The Kier molecular flexibility index (Phi) is 2.68. The van der Waals surface area contributed by atoms with Gasteiger partial charge in [0.25, 0.3) is 0 Å². The van der Waals surface area contributed by atoms with Crippen LogP contribution >= 0.6 is 0 Å². The van der Waals surface area contributed by atoms with Crippen LogP contribution in [-0.2, 0) is 4.74 Å². The van der Waals surface area contributed by atoms with E-state index in [1.165, 1.54) is 0 Å². The van der Waals surface area contributed by atoms with Gasteiger partial charge in [0, 0.05) is 12.2 Å². The summed E-state index contributed by atoms with van der Waals surface area (Å²) in [5.41, 5.74) is 1.06. The fraction of sp³-hybridized carbons (Fsp3) is 0.545. The molecule has 3 nitrogen and oxygen atoms in total. The Balaban J connectivity index is 2.14. The number of anilines is 1. The Hall–Kier alpha value is -1.09. The third-order valence-electron chi connectivity index (χ3n) is 2.38. The summed E-state index contributed by atoms with van der Waals surface area (Å²) in [6.45, 7) is 6.78. The minimum Gasteiger partial charge on any atom is -0.361 e. The van der Waals surface area contributed by atoms with Gasteiger partial charge in [-0.15, -0.1) is 0 Å². The average Bonchev–Trinajstić information content (AvgIpc) is 2.18. The SMILES string of the molecule is Cc1cccc(N2COCC(C)C2)n1. The molecule has 2 rings (SSSR count). The number of nitrogens with zero attached hydrogens (tertiary/aromatic N) is 2. The first-order valence-electron chi connectivity index (χ1n) is 5.02. The highest BCUT2D eigenvalue weighted by atomic mass is 16.5. The summed E-state index contributed by atoms with van der Waals surface area (Å²) in [7, 11) is 0. The number of aryl methyl sites for hydroxylation is 1. The van der Waals surface area contributed by atoms with E-state index in [0.29, 0.717) is 12.6 Å². The van der Waals surface area contributed by atoms with Crippen LogP contribution in [0.15, 0.2) is 18.2 Å². The first-order chi connectivity index (χ1) is 6.75. The van der Waals surface area contributed by atoms with E-state index < -0.39 is 0 Å². The molecule has 14 heavy (non-hydrogen) atoms. The highest BCUT2D eigenvalue weighted by Gasteiger charge is 2.17. The van der Waals surface area contributed by atoms with Crippen molar-refractivity contribution < 1.29 is 4.74 Å². The molecule has 1 saturated heterocycles. The van der Waals surface area contributed by atoms with Crippen molar-refractivity contribution in [2.75, 3.05) is 24.8 Å². The molecule has 1 aliphatic rings.